The molecule has 0 heterocycles. The van der Waals surface area contributed by atoms with Crippen molar-refractivity contribution in [2.45, 2.75) is 24.5 Å². The Morgan fingerprint density at radius 1 is 1.00 bits per heavy atom. The molecule has 0 saturated heterocycles. The fourth-order valence-electron chi connectivity index (χ4n) is 2.00. The lowest BCUT2D eigenvalue weighted by atomic mass is 10.1. The number of carboxylic acids is 1. The van der Waals surface area contributed by atoms with E-state index in [1.54, 1.807) is 6.07 Å². The quantitative estimate of drug-likeness (QED) is 0.942. The summed E-state index contributed by atoms with van der Waals surface area (Å²) in [5.41, 5.74) is 2.95. The van der Waals surface area contributed by atoms with E-state index in [4.69, 9.17) is 5.11 Å². The average Bonchev–Trinajstić information content (AvgIpc) is 2.43. The molecule has 5 heteroatoms. The Labute approximate surface area is 124 Å². The van der Waals surface area contributed by atoms with Crippen LogP contribution in [0.3, 0.4) is 0 Å². The van der Waals surface area contributed by atoms with Crippen molar-refractivity contribution in [3.05, 3.63) is 64.7 Å². The van der Waals surface area contributed by atoms with Gasteiger partial charge in [0.05, 0.1) is 16.2 Å². The summed E-state index contributed by atoms with van der Waals surface area (Å²) in [7, 11) is -3.48. The van der Waals surface area contributed by atoms with Crippen LogP contribution in [0.15, 0.2) is 47.4 Å². The summed E-state index contributed by atoms with van der Waals surface area (Å²) in [6.45, 7) is 3.91. The Bertz CT molecular complexity index is 774. The molecule has 0 atom stereocenters. The van der Waals surface area contributed by atoms with Crippen molar-refractivity contribution < 1.29 is 18.3 Å². The Morgan fingerprint density at radius 3 is 2.14 bits per heavy atom. The zero-order valence-electron chi connectivity index (χ0n) is 11.8. The number of hydrogen-bond acceptors (Lipinski definition) is 3. The van der Waals surface area contributed by atoms with Crippen molar-refractivity contribution in [2.75, 3.05) is 0 Å². The lowest BCUT2D eigenvalue weighted by molar-refractivity contribution is 0.0696. The van der Waals surface area contributed by atoms with E-state index in [1.807, 2.05) is 26.0 Å². The first-order valence-corrected chi connectivity index (χ1v) is 8.07. The first-order valence-electron chi connectivity index (χ1n) is 6.42. The second kappa shape index (κ2) is 5.69. The largest absolute Gasteiger partial charge is 0.478 e. The normalized spacial score (nSPS) is 11.3. The summed E-state index contributed by atoms with van der Waals surface area (Å²) in [5.74, 6) is -1.17. The van der Waals surface area contributed by atoms with Gasteiger partial charge in [-0.05, 0) is 54.8 Å². The minimum atomic E-state index is -3.48. The Morgan fingerprint density at radius 2 is 1.62 bits per heavy atom. The van der Waals surface area contributed by atoms with Crippen LogP contribution in [0, 0.1) is 13.8 Å². The van der Waals surface area contributed by atoms with E-state index in [2.05, 4.69) is 0 Å². The average molecular weight is 304 g/mol. The zero-order valence-corrected chi connectivity index (χ0v) is 12.6. The van der Waals surface area contributed by atoms with E-state index >= 15 is 0 Å². The zero-order chi connectivity index (χ0) is 15.6. The van der Waals surface area contributed by atoms with Crippen molar-refractivity contribution in [1.82, 2.24) is 0 Å². The number of carboxylic acid groups (broad SMARTS) is 1. The van der Waals surface area contributed by atoms with Gasteiger partial charge in [0.1, 0.15) is 0 Å². The molecular weight excluding hydrogens is 288 g/mol. The number of aryl methyl sites for hydroxylation is 2. The molecule has 0 bridgehead atoms. The molecule has 0 unspecified atom stereocenters. The maximum Gasteiger partial charge on any atom is 0.335 e. The van der Waals surface area contributed by atoms with E-state index in [1.165, 1.54) is 24.3 Å². The summed E-state index contributed by atoms with van der Waals surface area (Å²) in [6, 6.07) is 10.8. The number of aromatic carboxylic acids is 1. The van der Waals surface area contributed by atoms with Crippen LogP contribution in [-0.2, 0) is 15.6 Å². The third-order valence-corrected chi connectivity index (χ3v) is 5.09. The Kier molecular flexibility index (Phi) is 4.14. The molecule has 4 nitrogen and oxygen atoms in total. The molecule has 0 fully saturated rings. The Hall–Kier alpha value is -2.14. The smallest absolute Gasteiger partial charge is 0.335 e. The van der Waals surface area contributed by atoms with Gasteiger partial charge in [-0.3, -0.25) is 0 Å². The predicted molar refractivity (Wildman–Crippen MR) is 80.2 cm³/mol. The molecule has 110 valence electrons. The van der Waals surface area contributed by atoms with Crippen molar-refractivity contribution in [1.29, 1.82) is 0 Å². The highest BCUT2D eigenvalue weighted by Crippen LogP contribution is 2.19. The topological polar surface area (TPSA) is 71.4 Å². The van der Waals surface area contributed by atoms with Crippen LogP contribution in [0.4, 0.5) is 0 Å². The molecular formula is C16H16O4S. The molecule has 0 aliphatic heterocycles. The van der Waals surface area contributed by atoms with Crippen molar-refractivity contribution in [3.8, 4) is 0 Å². The monoisotopic (exact) mass is 304 g/mol. The van der Waals surface area contributed by atoms with E-state index in [-0.39, 0.29) is 16.2 Å². The maximum absolute atomic E-state index is 12.3. The van der Waals surface area contributed by atoms with Crippen molar-refractivity contribution in [2.24, 2.45) is 0 Å². The third kappa shape index (κ3) is 3.49. The van der Waals surface area contributed by atoms with E-state index in [0.717, 1.165) is 16.7 Å². The molecule has 2 rings (SSSR count). The van der Waals surface area contributed by atoms with Crippen LogP contribution in [0.25, 0.3) is 0 Å². The van der Waals surface area contributed by atoms with Gasteiger partial charge in [0.15, 0.2) is 9.84 Å². The summed E-state index contributed by atoms with van der Waals surface area (Å²) in [5, 5.41) is 8.82. The molecule has 0 saturated carbocycles. The molecule has 1 N–H and O–H groups in total. The number of hydrogen-bond donors (Lipinski definition) is 1. The summed E-state index contributed by atoms with van der Waals surface area (Å²) >= 11 is 0. The van der Waals surface area contributed by atoms with Crippen molar-refractivity contribution in [3.63, 3.8) is 0 Å². The van der Waals surface area contributed by atoms with Crippen LogP contribution >= 0.6 is 0 Å². The number of sulfone groups is 1. The first-order chi connectivity index (χ1) is 9.79. The molecule has 0 aliphatic carbocycles. The fraction of sp³-hybridized carbons (Fsp3) is 0.188. The van der Waals surface area contributed by atoms with Crippen LogP contribution in [-0.4, -0.2) is 19.5 Å². The maximum atomic E-state index is 12.3. The van der Waals surface area contributed by atoms with Gasteiger partial charge in [0.25, 0.3) is 0 Å². The molecule has 21 heavy (non-hydrogen) atoms. The van der Waals surface area contributed by atoms with Crippen LogP contribution < -0.4 is 0 Å². The van der Waals surface area contributed by atoms with E-state index in [0.29, 0.717) is 0 Å². The van der Waals surface area contributed by atoms with Gasteiger partial charge in [0, 0.05) is 0 Å². The Balaban J connectivity index is 2.29. The van der Waals surface area contributed by atoms with Gasteiger partial charge in [-0.2, -0.15) is 0 Å². The highest BCUT2D eigenvalue weighted by molar-refractivity contribution is 7.90. The van der Waals surface area contributed by atoms with Gasteiger partial charge in [0.2, 0.25) is 0 Å². The molecule has 0 radical (unpaired) electrons. The number of benzene rings is 2. The van der Waals surface area contributed by atoms with Gasteiger partial charge in [-0.25, -0.2) is 13.2 Å². The fourth-order valence-corrected chi connectivity index (χ4v) is 3.34. The molecule has 2 aromatic rings. The SMILES string of the molecule is Cc1ccc(CS(=O)(=O)c2ccc(C(=O)O)cc2)cc1C. The second-order valence-corrected chi connectivity index (χ2v) is 7.00. The molecule has 0 aromatic heterocycles. The highest BCUT2D eigenvalue weighted by atomic mass is 32.2. The highest BCUT2D eigenvalue weighted by Gasteiger charge is 2.16. The van der Waals surface area contributed by atoms with Crippen molar-refractivity contribution >= 4 is 15.8 Å². The second-order valence-electron chi connectivity index (χ2n) is 5.01. The third-order valence-electron chi connectivity index (χ3n) is 3.39. The molecule has 0 spiro atoms. The van der Waals surface area contributed by atoms with Gasteiger partial charge < -0.3 is 5.11 Å². The van der Waals surface area contributed by atoms with Gasteiger partial charge in [-0.15, -0.1) is 0 Å². The lowest BCUT2D eigenvalue weighted by Gasteiger charge is -2.07. The number of rotatable bonds is 4. The van der Waals surface area contributed by atoms with Crippen LogP contribution in [0.1, 0.15) is 27.0 Å². The van der Waals surface area contributed by atoms with Gasteiger partial charge in [-0.1, -0.05) is 18.2 Å². The molecule has 2 aromatic carbocycles. The minimum Gasteiger partial charge on any atom is -0.478 e. The molecule has 0 amide bonds. The summed E-state index contributed by atoms with van der Waals surface area (Å²) < 4.78 is 24.7. The lowest BCUT2D eigenvalue weighted by Crippen LogP contribution is -2.06. The standard InChI is InChI=1S/C16H16O4S/c1-11-3-4-13(9-12(11)2)10-21(19,20)15-7-5-14(6-8-15)16(17)18/h3-9H,10H2,1-2H3,(H,17,18). The van der Waals surface area contributed by atoms with Gasteiger partial charge >= 0.3 is 5.97 Å². The van der Waals surface area contributed by atoms with Crippen LogP contribution in [0.2, 0.25) is 0 Å². The summed E-state index contributed by atoms with van der Waals surface area (Å²) in [6.07, 6.45) is 0. The first kappa shape index (κ1) is 15.3. The summed E-state index contributed by atoms with van der Waals surface area (Å²) in [4.78, 5) is 10.9. The van der Waals surface area contributed by atoms with E-state index in [9.17, 15) is 13.2 Å². The minimum absolute atomic E-state index is 0.0696. The predicted octanol–water partition coefficient (Wildman–Crippen LogP) is 2.98. The molecule has 0 aliphatic rings. The van der Waals surface area contributed by atoms with E-state index < -0.39 is 15.8 Å². The van der Waals surface area contributed by atoms with Crippen LogP contribution in [0.5, 0.6) is 0 Å². The number of carbonyl (C=O) groups is 1.